The van der Waals surface area contributed by atoms with Gasteiger partial charge in [0.1, 0.15) is 11.5 Å². The Bertz CT molecular complexity index is 625. The fourth-order valence-electron chi connectivity index (χ4n) is 1.56. The third-order valence-electron chi connectivity index (χ3n) is 2.67. The largest absolute Gasteiger partial charge is 0.419 e. The Kier molecular flexibility index (Phi) is 3.29. The van der Waals surface area contributed by atoms with E-state index in [1.807, 2.05) is 0 Å². The summed E-state index contributed by atoms with van der Waals surface area (Å²) in [4.78, 5) is 0. The van der Waals surface area contributed by atoms with E-state index in [1.54, 1.807) is 13.8 Å². The van der Waals surface area contributed by atoms with E-state index in [2.05, 4.69) is 10.3 Å². The van der Waals surface area contributed by atoms with E-state index in [0.717, 1.165) is 10.7 Å². The Hall–Kier alpha value is -1.96. The Morgan fingerprint density at radius 3 is 2.35 bits per heavy atom. The van der Waals surface area contributed by atoms with Gasteiger partial charge in [-0.3, -0.25) is 0 Å². The van der Waals surface area contributed by atoms with Crippen molar-refractivity contribution >= 4 is 0 Å². The first-order chi connectivity index (χ1) is 9.09. The van der Waals surface area contributed by atoms with E-state index >= 15 is 0 Å². The van der Waals surface area contributed by atoms with Gasteiger partial charge in [0.15, 0.2) is 0 Å². The van der Waals surface area contributed by atoms with Gasteiger partial charge < -0.3 is 5.73 Å². The molecule has 20 heavy (non-hydrogen) atoms. The zero-order chi connectivity index (χ0) is 15.1. The molecule has 2 rings (SSSR count). The monoisotopic (exact) mass is 288 g/mol. The minimum absolute atomic E-state index is 0.0572. The van der Waals surface area contributed by atoms with Crippen LogP contribution in [0.3, 0.4) is 0 Å². The maximum atomic E-state index is 13.2. The predicted octanol–water partition coefficient (Wildman–Crippen LogP) is 2.62. The topological polar surface area (TPSA) is 56.7 Å². The molecular formula is C12H12F4N4. The van der Waals surface area contributed by atoms with Crippen LogP contribution in [0.1, 0.15) is 25.1 Å². The third-order valence-corrected chi connectivity index (χ3v) is 2.67. The number of rotatable bonds is 2. The summed E-state index contributed by atoms with van der Waals surface area (Å²) in [6, 6.07) is 2.61. The molecule has 4 nitrogen and oxygen atoms in total. The Morgan fingerprint density at radius 2 is 1.85 bits per heavy atom. The van der Waals surface area contributed by atoms with Crippen molar-refractivity contribution in [2.75, 3.05) is 0 Å². The summed E-state index contributed by atoms with van der Waals surface area (Å²) in [5.41, 5.74) is 4.16. The third kappa shape index (κ3) is 2.79. The molecule has 0 unspecified atom stereocenters. The Morgan fingerprint density at radius 1 is 1.20 bits per heavy atom. The molecule has 0 amide bonds. The average molecular weight is 288 g/mol. The highest BCUT2D eigenvalue weighted by molar-refractivity contribution is 5.37. The van der Waals surface area contributed by atoms with E-state index < -0.39 is 23.1 Å². The van der Waals surface area contributed by atoms with E-state index in [4.69, 9.17) is 5.73 Å². The van der Waals surface area contributed by atoms with Gasteiger partial charge >= 0.3 is 6.18 Å². The maximum Gasteiger partial charge on any atom is 0.419 e. The zero-order valence-corrected chi connectivity index (χ0v) is 10.7. The highest BCUT2D eigenvalue weighted by atomic mass is 19.4. The van der Waals surface area contributed by atoms with Gasteiger partial charge in [-0.05, 0) is 32.0 Å². The minimum atomic E-state index is -4.77. The quantitative estimate of drug-likeness (QED) is 0.864. The molecule has 0 radical (unpaired) electrons. The highest BCUT2D eigenvalue weighted by Gasteiger charge is 2.34. The second-order valence-electron chi connectivity index (χ2n) is 4.93. The van der Waals surface area contributed by atoms with Crippen molar-refractivity contribution in [3.05, 3.63) is 41.5 Å². The first-order valence-electron chi connectivity index (χ1n) is 5.68. The highest BCUT2D eigenvalue weighted by Crippen LogP contribution is 2.32. The summed E-state index contributed by atoms with van der Waals surface area (Å²) in [6.45, 7) is 3.38. The first kappa shape index (κ1) is 14.4. The van der Waals surface area contributed by atoms with Crippen molar-refractivity contribution < 1.29 is 17.6 Å². The van der Waals surface area contributed by atoms with E-state index in [9.17, 15) is 17.6 Å². The van der Waals surface area contributed by atoms with Gasteiger partial charge in [0.05, 0.1) is 23.0 Å². The summed E-state index contributed by atoms with van der Waals surface area (Å²) in [7, 11) is 0. The number of hydrogen-bond donors (Lipinski definition) is 1. The van der Waals surface area contributed by atoms with E-state index in [-0.39, 0.29) is 5.69 Å². The van der Waals surface area contributed by atoms with Crippen molar-refractivity contribution in [2.45, 2.75) is 25.6 Å². The lowest BCUT2D eigenvalue weighted by Gasteiger charge is -2.13. The van der Waals surface area contributed by atoms with Gasteiger partial charge in [0.25, 0.3) is 0 Å². The van der Waals surface area contributed by atoms with Gasteiger partial charge in [-0.2, -0.15) is 13.2 Å². The van der Waals surface area contributed by atoms with Crippen LogP contribution in [0.25, 0.3) is 5.69 Å². The lowest BCUT2D eigenvalue weighted by Crippen LogP contribution is -2.29. The van der Waals surface area contributed by atoms with Crippen LogP contribution >= 0.6 is 0 Å². The molecular weight excluding hydrogens is 276 g/mol. The number of alkyl halides is 3. The summed E-state index contributed by atoms with van der Waals surface area (Å²) in [5.74, 6) is -1.33. The van der Waals surface area contributed by atoms with Crippen molar-refractivity contribution in [3.8, 4) is 5.69 Å². The number of benzene rings is 1. The van der Waals surface area contributed by atoms with Crippen LogP contribution < -0.4 is 5.73 Å². The molecule has 0 aliphatic carbocycles. The van der Waals surface area contributed by atoms with Crippen LogP contribution in [0.15, 0.2) is 24.4 Å². The van der Waals surface area contributed by atoms with Gasteiger partial charge in [-0.15, -0.1) is 5.10 Å². The summed E-state index contributed by atoms with van der Waals surface area (Å²) in [5, 5.41) is 7.49. The van der Waals surface area contributed by atoms with Gasteiger partial charge in [0, 0.05) is 0 Å². The molecule has 0 fully saturated rings. The fraction of sp³-hybridized carbons (Fsp3) is 0.333. The molecule has 8 heteroatoms. The van der Waals surface area contributed by atoms with Gasteiger partial charge in [-0.25, -0.2) is 9.07 Å². The SMILES string of the molecule is CC(C)(N)c1cn(-c2ccc(F)c(C(F)(F)F)c2)nn1. The smallest absolute Gasteiger partial charge is 0.320 e. The summed E-state index contributed by atoms with van der Waals surface area (Å²) >= 11 is 0. The van der Waals surface area contributed by atoms with Crippen LogP contribution in [0.5, 0.6) is 0 Å². The normalized spacial score (nSPS) is 12.8. The van der Waals surface area contributed by atoms with Crippen molar-refractivity contribution in [1.29, 1.82) is 0 Å². The number of hydrogen-bond acceptors (Lipinski definition) is 3. The molecule has 0 atom stereocenters. The van der Waals surface area contributed by atoms with Crippen molar-refractivity contribution in [2.24, 2.45) is 5.73 Å². The molecule has 0 aliphatic rings. The Balaban J connectivity index is 2.47. The summed E-state index contributed by atoms with van der Waals surface area (Å²) < 4.78 is 52.2. The number of nitrogens with two attached hydrogens (primary N) is 1. The first-order valence-corrected chi connectivity index (χ1v) is 5.68. The number of aromatic nitrogens is 3. The molecule has 2 aromatic rings. The standard InChI is InChI=1S/C12H12F4N4/c1-11(2,17)10-6-20(19-18-10)7-3-4-9(13)8(5-7)12(14,15)16/h3-6H,17H2,1-2H3. The Labute approximate surface area is 112 Å². The van der Waals surface area contributed by atoms with E-state index in [0.29, 0.717) is 11.8 Å². The van der Waals surface area contributed by atoms with Crippen LogP contribution in [-0.2, 0) is 11.7 Å². The molecule has 0 aliphatic heterocycles. The number of nitrogens with zero attached hydrogens (tertiary/aromatic N) is 3. The molecule has 0 spiro atoms. The lowest BCUT2D eigenvalue weighted by atomic mass is 10.0. The van der Waals surface area contributed by atoms with Gasteiger partial charge in [0.2, 0.25) is 0 Å². The van der Waals surface area contributed by atoms with E-state index in [1.165, 1.54) is 12.3 Å². The molecule has 1 aromatic heterocycles. The fourth-order valence-corrected chi connectivity index (χ4v) is 1.56. The summed E-state index contributed by atoms with van der Waals surface area (Å²) in [6.07, 6.45) is -3.36. The number of halogens is 4. The molecule has 2 N–H and O–H groups in total. The van der Waals surface area contributed by atoms with Crippen molar-refractivity contribution in [1.82, 2.24) is 15.0 Å². The molecule has 0 bridgehead atoms. The van der Waals surface area contributed by atoms with Gasteiger partial charge in [-0.1, -0.05) is 5.21 Å². The van der Waals surface area contributed by atoms with Crippen LogP contribution in [0, 0.1) is 5.82 Å². The molecule has 0 saturated carbocycles. The minimum Gasteiger partial charge on any atom is -0.320 e. The molecule has 0 saturated heterocycles. The van der Waals surface area contributed by atoms with Crippen LogP contribution in [-0.4, -0.2) is 15.0 Å². The van der Waals surface area contributed by atoms with Crippen LogP contribution in [0.4, 0.5) is 17.6 Å². The molecule has 1 heterocycles. The molecule has 1 aromatic carbocycles. The van der Waals surface area contributed by atoms with Crippen LogP contribution in [0.2, 0.25) is 0 Å². The zero-order valence-electron chi connectivity index (χ0n) is 10.7. The second kappa shape index (κ2) is 4.55. The predicted molar refractivity (Wildman–Crippen MR) is 63.5 cm³/mol. The lowest BCUT2D eigenvalue weighted by molar-refractivity contribution is -0.140. The molecule has 108 valence electrons. The average Bonchev–Trinajstić information content (AvgIpc) is 2.77. The second-order valence-corrected chi connectivity index (χ2v) is 4.93. The van der Waals surface area contributed by atoms with Crippen molar-refractivity contribution in [3.63, 3.8) is 0 Å². The maximum absolute atomic E-state index is 13.2.